The van der Waals surface area contributed by atoms with Crippen LogP contribution in [0.5, 0.6) is 0 Å². The van der Waals surface area contributed by atoms with Crippen molar-refractivity contribution in [2.45, 2.75) is 57.8 Å². The second kappa shape index (κ2) is 3.55. The molecule has 11 heavy (non-hydrogen) atoms. The molecule has 0 bridgehead atoms. The quantitative estimate of drug-likeness (QED) is 0.637. The molecule has 1 rings (SSSR count). The fourth-order valence-electron chi connectivity index (χ4n) is 1.65. The van der Waals surface area contributed by atoms with Gasteiger partial charge in [0.2, 0.25) is 0 Å². The summed E-state index contributed by atoms with van der Waals surface area (Å²) in [5.41, 5.74) is -0.0323. The van der Waals surface area contributed by atoms with E-state index in [0.717, 1.165) is 12.8 Å². The minimum atomic E-state index is -0.557. The molecule has 0 aliphatic heterocycles. The van der Waals surface area contributed by atoms with Crippen molar-refractivity contribution in [3.8, 4) is 0 Å². The zero-order valence-electron chi connectivity index (χ0n) is 7.47. The first-order chi connectivity index (χ1) is 5.16. The average Bonchev–Trinajstić information content (AvgIpc) is 2.36. The molecule has 1 unspecified atom stereocenters. The summed E-state index contributed by atoms with van der Waals surface area (Å²) in [6.07, 6.45) is 4.82. The molecule has 0 spiro atoms. The number of aliphatic hydroxyl groups is 1. The van der Waals surface area contributed by atoms with Gasteiger partial charge >= 0.3 is 0 Å². The van der Waals surface area contributed by atoms with Crippen molar-refractivity contribution < 1.29 is 9.84 Å². The van der Waals surface area contributed by atoms with E-state index in [2.05, 4.69) is 6.92 Å². The third-order valence-electron chi connectivity index (χ3n) is 2.43. The van der Waals surface area contributed by atoms with Crippen molar-refractivity contribution in [1.29, 1.82) is 0 Å². The van der Waals surface area contributed by atoms with E-state index in [1.807, 2.05) is 6.92 Å². The van der Waals surface area contributed by atoms with Gasteiger partial charge in [0.05, 0.1) is 5.60 Å². The smallest absolute Gasteiger partial charge is 0.155 e. The molecule has 0 aromatic heterocycles. The molecule has 1 aliphatic rings. The number of hydrogen-bond acceptors (Lipinski definition) is 2. The number of aliphatic hydroxyl groups excluding tert-OH is 1. The Labute approximate surface area is 68.6 Å². The highest BCUT2D eigenvalue weighted by molar-refractivity contribution is 4.81. The molecule has 0 aromatic rings. The molecule has 0 radical (unpaired) electrons. The van der Waals surface area contributed by atoms with E-state index in [4.69, 9.17) is 4.74 Å². The predicted molar refractivity (Wildman–Crippen MR) is 44.3 cm³/mol. The molecule has 0 amide bonds. The highest BCUT2D eigenvalue weighted by Crippen LogP contribution is 2.33. The topological polar surface area (TPSA) is 29.5 Å². The monoisotopic (exact) mass is 158 g/mol. The second-order valence-electron chi connectivity index (χ2n) is 3.64. The van der Waals surface area contributed by atoms with Gasteiger partial charge in [0, 0.05) is 0 Å². The van der Waals surface area contributed by atoms with Gasteiger partial charge in [-0.1, -0.05) is 19.8 Å². The van der Waals surface area contributed by atoms with Crippen LogP contribution in [0.25, 0.3) is 0 Å². The van der Waals surface area contributed by atoms with Gasteiger partial charge in [0.1, 0.15) is 0 Å². The predicted octanol–water partition coefficient (Wildman–Crippen LogP) is 2.06. The van der Waals surface area contributed by atoms with Gasteiger partial charge in [0.15, 0.2) is 6.29 Å². The van der Waals surface area contributed by atoms with Crippen LogP contribution in [0.15, 0.2) is 0 Å². The van der Waals surface area contributed by atoms with E-state index < -0.39 is 6.29 Å². The van der Waals surface area contributed by atoms with Crippen molar-refractivity contribution in [1.82, 2.24) is 0 Å². The van der Waals surface area contributed by atoms with Crippen LogP contribution >= 0.6 is 0 Å². The van der Waals surface area contributed by atoms with Crippen molar-refractivity contribution >= 4 is 0 Å². The molecule has 66 valence electrons. The third kappa shape index (κ3) is 2.46. The Balaban J connectivity index is 2.33. The molecular formula is C9H18O2. The van der Waals surface area contributed by atoms with Crippen LogP contribution in [0.1, 0.15) is 46.0 Å². The van der Waals surface area contributed by atoms with E-state index in [1.54, 1.807) is 0 Å². The van der Waals surface area contributed by atoms with Crippen LogP contribution in [0.2, 0.25) is 0 Å². The molecule has 1 saturated carbocycles. The summed E-state index contributed by atoms with van der Waals surface area (Å²) in [4.78, 5) is 0. The van der Waals surface area contributed by atoms with E-state index in [9.17, 15) is 5.11 Å². The zero-order chi connectivity index (χ0) is 8.32. The second-order valence-corrected chi connectivity index (χ2v) is 3.64. The van der Waals surface area contributed by atoms with Gasteiger partial charge < -0.3 is 9.84 Å². The summed E-state index contributed by atoms with van der Waals surface area (Å²) in [7, 11) is 0. The van der Waals surface area contributed by atoms with E-state index >= 15 is 0 Å². The lowest BCUT2D eigenvalue weighted by atomic mass is 10.1. The van der Waals surface area contributed by atoms with Gasteiger partial charge in [-0.25, -0.2) is 0 Å². The Morgan fingerprint density at radius 2 is 2.00 bits per heavy atom. The molecule has 1 N–H and O–H groups in total. The molecule has 1 aliphatic carbocycles. The number of hydrogen-bond donors (Lipinski definition) is 1. The zero-order valence-corrected chi connectivity index (χ0v) is 7.47. The minimum Gasteiger partial charge on any atom is -0.368 e. The molecule has 1 atom stereocenters. The fourth-order valence-corrected chi connectivity index (χ4v) is 1.65. The minimum absolute atomic E-state index is 0.0323. The van der Waals surface area contributed by atoms with Gasteiger partial charge in [-0.15, -0.1) is 0 Å². The molecule has 0 aromatic carbocycles. The molecule has 2 heteroatoms. The lowest BCUT2D eigenvalue weighted by Crippen LogP contribution is -2.30. The van der Waals surface area contributed by atoms with Crippen LogP contribution in [-0.4, -0.2) is 17.0 Å². The molecular weight excluding hydrogens is 140 g/mol. The fraction of sp³-hybridized carbons (Fsp3) is 1.00. The Hall–Kier alpha value is -0.0800. The van der Waals surface area contributed by atoms with Gasteiger partial charge in [-0.2, -0.15) is 0 Å². The van der Waals surface area contributed by atoms with Crippen molar-refractivity contribution in [3.63, 3.8) is 0 Å². The summed E-state index contributed by atoms with van der Waals surface area (Å²) in [6, 6.07) is 0. The van der Waals surface area contributed by atoms with Crippen LogP contribution in [0.3, 0.4) is 0 Å². The number of rotatable bonds is 3. The van der Waals surface area contributed by atoms with E-state index in [1.165, 1.54) is 12.8 Å². The first-order valence-electron chi connectivity index (χ1n) is 4.52. The SMILES string of the molecule is CCC(O)OC1(C)CCCC1. The van der Waals surface area contributed by atoms with Gasteiger partial charge in [-0.3, -0.25) is 0 Å². The Morgan fingerprint density at radius 1 is 1.45 bits per heavy atom. The molecule has 0 heterocycles. The van der Waals surface area contributed by atoms with Crippen molar-refractivity contribution in [3.05, 3.63) is 0 Å². The normalized spacial score (nSPS) is 25.4. The van der Waals surface area contributed by atoms with Crippen molar-refractivity contribution in [2.24, 2.45) is 0 Å². The largest absolute Gasteiger partial charge is 0.368 e. The maximum absolute atomic E-state index is 9.26. The summed E-state index contributed by atoms with van der Waals surface area (Å²) in [5.74, 6) is 0. The lowest BCUT2D eigenvalue weighted by molar-refractivity contribution is -0.177. The molecule has 1 fully saturated rings. The lowest BCUT2D eigenvalue weighted by Gasteiger charge is -2.27. The van der Waals surface area contributed by atoms with Crippen LogP contribution in [-0.2, 0) is 4.74 Å². The van der Waals surface area contributed by atoms with Crippen LogP contribution in [0, 0.1) is 0 Å². The Bertz CT molecular complexity index is 117. The van der Waals surface area contributed by atoms with Crippen LogP contribution in [0.4, 0.5) is 0 Å². The maximum atomic E-state index is 9.26. The summed E-state index contributed by atoms with van der Waals surface area (Å²) < 4.78 is 5.50. The van der Waals surface area contributed by atoms with E-state index in [0.29, 0.717) is 6.42 Å². The summed E-state index contributed by atoms with van der Waals surface area (Å²) >= 11 is 0. The third-order valence-corrected chi connectivity index (χ3v) is 2.43. The average molecular weight is 158 g/mol. The highest BCUT2D eigenvalue weighted by atomic mass is 16.6. The van der Waals surface area contributed by atoms with Crippen LogP contribution < -0.4 is 0 Å². The van der Waals surface area contributed by atoms with Gasteiger partial charge in [-0.05, 0) is 26.2 Å². The molecule has 0 saturated heterocycles. The van der Waals surface area contributed by atoms with E-state index in [-0.39, 0.29) is 5.60 Å². The Morgan fingerprint density at radius 3 is 2.45 bits per heavy atom. The summed E-state index contributed by atoms with van der Waals surface area (Å²) in [5, 5.41) is 9.26. The number of ether oxygens (including phenoxy) is 1. The first kappa shape index (κ1) is 9.01. The standard InChI is InChI=1S/C9H18O2/c1-3-8(10)11-9(2)6-4-5-7-9/h8,10H,3-7H2,1-2H3. The highest BCUT2D eigenvalue weighted by Gasteiger charge is 2.31. The first-order valence-corrected chi connectivity index (χ1v) is 4.52. The van der Waals surface area contributed by atoms with Gasteiger partial charge in [0.25, 0.3) is 0 Å². The maximum Gasteiger partial charge on any atom is 0.155 e. The molecule has 2 nitrogen and oxygen atoms in total. The summed E-state index contributed by atoms with van der Waals surface area (Å²) in [6.45, 7) is 4.03. The Kier molecular flexibility index (Phi) is 2.90. The van der Waals surface area contributed by atoms with Crippen molar-refractivity contribution in [2.75, 3.05) is 0 Å².